The second-order valence-electron chi connectivity index (χ2n) is 8.43. The summed E-state index contributed by atoms with van der Waals surface area (Å²) in [5, 5.41) is 2.85. The number of aromatic nitrogens is 1. The van der Waals surface area contributed by atoms with E-state index < -0.39 is 10.0 Å². The van der Waals surface area contributed by atoms with Crippen LogP contribution in [0.3, 0.4) is 0 Å². The van der Waals surface area contributed by atoms with E-state index in [2.05, 4.69) is 20.7 Å². The number of H-pyrrole nitrogens is 1. The SMILES string of the molecule is O=S(=O)(NCCCN1CC=C(c2c[nH]c3ccc(F)cc23)CC1)c1ccc2ccccc2c1. The molecule has 0 atom stereocenters. The summed E-state index contributed by atoms with van der Waals surface area (Å²) in [5.74, 6) is -0.229. The average Bonchev–Trinajstić information content (AvgIpc) is 3.25. The minimum absolute atomic E-state index is 0.229. The molecule has 5 nitrogen and oxygen atoms in total. The van der Waals surface area contributed by atoms with Gasteiger partial charge in [0.05, 0.1) is 4.90 Å². The molecule has 1 aliphatic rings. The number of fused-ring (bicyclic) bond motifs is 2. The van der Waals surface area contributed by atoms with Crippen molar-refractivity contribution in [2.75, 3.05) is 26.2 Å². The van der Waals surface area contributed by atoms with Crippen molar-refractivity contribution in [1.82, 2.24) is 14.6 Å². The van der Waals surface area contributed by atoms with E-state index in [1.807, 2.05) is 36.5 Å². The molecule has 3 aromatic carbocycles. The number of nitrogens with zero attached hydrogens (tertiary/aromatic N) is 1. The Hall–Kier alpha value is -3.00. The number of hydrogen-bond donors (Lipinski definition) is 2. The Kier molecular flexibility index (Phi) is 6.01. The minimum Gasteiger partial charge on any atom is -0.361 e. The minimum atomic E-state index is -3.53. The highest BCUT2D eigenvalue weighted by Gasteiger charge is 2.17. The first-order valence-corrected chi connectivity index (χ1v) is 12.6. The Labute approximate surface area is 193 Å². The third-order valence-corrected chi connectivity index (χ3v) is 7.72. The maximum Gasteiger partial charge on any atom is 0.240 e. The van der Waals surface area contributed by atoms with Gasteiger partial charge in [-0.2, -0.15) is 0 Å². The lowest BCUT2D eigenvalue weighted by atomic mass is 9.99. The Morgan fingerprint density at radius 3 is 2.70 bits per heavy atom. The third kappa shape index (κ3) is 4.71. The zero-order valence-corrected chi connectivity index (χ0v) is 19.0. The number of hydrogen-bond acceptors (Lipinski definition) is 3. The lowest BCUT2D eigenvalue weighted by Crippen LogP contribution is -2.32. The van der Waals surface area contributed by atoms with Crippen LogP contribution in [0.4, 0.5) is 4.39 Å². The van der Waals surface area contributed by atoms with Gasteiger partial charge < -0.3 is 4.98 Å². The van der Waals surface area contributed by atoms with Crippen molar-refractivity contribution in [1.29, 1.82) is 0 Å². The summed E-state index contributed by atoms with van der Waals surface area (Å²) >= 11 is 0. The summed E-state index contributed by atoms with van der Waals surface area (Å²) in [4.78, 5) is 5.82. The predicted molar refractivity (Wildman–Crippen MR) is 131 cm³/mol. The molecule has 1 aromatic heterocycles. The van der Waals surface area contributed by atoms with Gasteiger partial charge in [0.15, 0.2) is 0 Å². The lowest BCUT2D eigenvalue weighted by molar-refractivity contribution is 0.298. The van der Waals surface area contributed by atoms with Crippen LogP contribution in [-0.4, -0.2) is 44.5 Å². The predicted octanol–water partition coefficient (Wildman–Crippen LogP) is 4.92. The van der Waals surface area contributed by atoms with E-state index in [1.165, 1.54) is 11.6 Å². The largest absolute Gasteiger partial charge is 0.361 e. The van der Waals surface area contributed by atoms with Crippen LogP contribution in [0.2, 0.25) is 0 Å². The maximum atomic E-state index is 13.7. The second kappa shape index (κ2) is 9.09. The molecule has 7 heteroatoms. The summed E-state index contributed by atoms with van der Waals surface area (Å²) in [5.41, 5.74) is 3.22. The highest BCUT2D eigenvalue weighted by Crippen LogP contribution is 2.29. The first kappa shape index (κ1) is 21.8. The molecule has 33 heavy (non-hydrogen) atoms. The van der Waals surface area contributed by atoms with Gasteiger partial charge in [-0.3, -0.25) is 4.90 Å². The van der Waals surface area contributed by atoms with Crippen molar-refractivity contribution in [2.45, 2.75) is 17.7 Å². The summed E-state index contributed by atoms with van der Waals surface area (Å²) in [6.45, 7) is 2.90. The van der Waals surface area contributed by atoms with E-state index in [-0.39, 0.29) is 5.82 Å². The Morgan fingerprint density at radius 2 is 1.88 bits per heavy atom. The molecule has 0 saturated carbocycles. The van der Waals surface area contributed by atoms with Gasteiger partial charge in [-0.05, 0) is 66.1 Å². The fourth-order valence-corrected chi connectivity index (χ4v) is 5.55. The molecular weight excluding hydrogens is 437 g/mol. The first-order valence-electron chi connectivity index (χ1n) is 11.2. The van der Waals surface area contributed by atoms with Crippen molar-refractivity contribution < 1.29 is 12.8 Å². The highest BCUT2D eigenvalue weighted by atomic mass is 32.2. The van der Waals surface area contributed by atoms with Crippen LogP contribution in [-0.2, 0) is 10.0 Å². The Morgan fingerprint density at radius 1 is 1.03 bits per heavy atom. The number of nitrogens with one attached hydrogen (secondary N) is 2. The van der Waals surface area contributed by atoms with Crippen LogP contribution >= 0.6 is 0 Å². The number of rotatable bonds is 7. The Balaban J connectivity index is 1.15. The molecule has 2 heterocycles. The number of aromatic amines is 1. The molecule has 0 spiro atoms. The zero-order chi connectivity index (χ0) is 22.8. The summed E-state index contributed by atoms with van der Waals surface area (Å²) < 4.78 is 41.7. The van der Waals surface area contributed by atoms with Gasteiger partial charge >= 0.3 is 0 Å². The van der Waals surface area contributed by atoms with Gasteiger partial charge in [0.2, 0.25) is 10.0 Å². The molecule has 0 fully saturated rings. The van der Waals surface area contributed by atoms with Crippen LogP contribution in [0.1, 0.15) is 18.4 Å². The second-order valence-corrected chi connectivity index (χ2v) is 10.2. The van der Waals surface area contributed by atoms with Crippen molar-refractivity contribution in [3.63, 3.8) is 0 Å². The van der Waals surface area contributed by atoms with E-state index in [4.69, 9.17) is 0 Å². The van der Waals surface area contributed by atoms with Gasteiger partial charge in [-0.25, -0.2) is 17.5 Å². The zero-order valence-electron chi connectivity index (χ0n) is 18.2. The van der Waals surface area contributed by atoms with Crippen LogP contribution in [0.15, 0.2) is 77.8 Å². The quantitative estimate of drug-likeness (QED) is 0.383. The van der Waals surface area contributed by atoms with E-state index in [9.17, 15) is 12.8 Å². The lowest BCUT2D eigenvalue weighted by Gasteiger charge is -2.26. The van der Waals surface area contributed by atoms with Crippen LogP contribution in [0, 0.1) is 5.82 Å². The standard InChI is InChI=1S/C26H26FN3O2S/c27-22-7-9-26-24(17-22)25(18-28-26)20-10-14-30(15-11-20)13-3-12-29-33(31,32)23-8-6-19-4-1-2-5-21(19)16-23/h1-2,4-10,16-18,28-29H,3,11-15H2. The molecule has 0 unspecified atom stereocenters. The molecule has 2 N–H and O–H groups in total. The summed E-state index contributed by atoms with van der Waals surface area (Å²) in [6.07, 6.45) is 5.75. The molecule has 0 bridgehead atoms. The van der Waals surface area contributed by atoms with Crippen molar-refractivity contribution in [3.8, 4) is 0 Å². The normalized spacial score (nSPS) is 15.2. The van der Waals surface area contributed by atoms with E-state index >= 15 is 0 Å². The number of halogens is 1. The molecule has 0 radical (unpaired) electrons. The fraction of sp³-hybridized carbons (Fsp3) is 0.231. The van der Waals surface area contributed by atoms with Gasteiger partial charge in [0, 0.05) is 42.3 Å². The maximum absolute atomic E-state index is 13.7. The van der Waals surface area contributed by atoms with Crippen LogP contribution < -0.4 is 4.72 Å². The number of benzene rings is 3. The number of sulfonamides is 1. The molecule has 1 aliphatic heterocycles. The molecule has 0 aliphatic carbocycles. The third-order valence-electron chi connectivity index (χ3n) is 6.26. The van der Waals surface area contributed by atoms with E-state index in [0.717, 1.165) is 59.7 Å². The van der Waals surface area contributed by atoms with E-state index in [0.29, 0.717) is 11.4 Å². The van der Waals surface area contributed by atoms with Crippen LogP contribution in [0.5, 0.6) is 0 Å². The van der Waals surface area contributed by atoms with Gasteiger partial charge in [-0.15, -0.1) is 0 Å². The molecule has 170 valence electrons. The fourth-order valence-electron chi connectivity index (χ4n) is 4.44. The monoisotopic (exact) mass is 463 g/mol. The smallest absolute Gasteiger partial charge is 0.240 e. The Bertz CT molecular complexity index is 1440. The highest BCUT2D eigenvalue weighted by molar-refractivity contribution is 7.89. The van der Waals surface area contributed by atoms with E-state index in [1.54, 1.807) is 24.3 Å². The van der Waals surface area contributed by atoms with Crippen molar-refractivity contribution in [3.05, 3.63) is 84.3 Å². The van der Waals surface area contributed by atoms with Gasteiger partial charge in [0.1, 0.15) is 5.82 Å². The van der Waals surface area contributed by atoms with Gasteiger partial charge in [0.25, 0.3) is 0 Å². The summed E-state index contributed by atoms with van der Waals surface area (Å²) in [7, 11) is -3.53. The molecule has 0 saturated heterocycles. The molecular formula is C26H26FN3O2S. The molecule has 0 amide bonds. The first-order chi connectivity index (χ1) is 16.0. The van der Waals surface area contributed by atoms with Crippen molar-refractivity contribution >= 4 is 37.3 Å². The topological polar surface area (TPSA) is 65.2 Å². The average molecular weight is 464 g/mol. The van der Waals surface area contributed by atoms with Crippen LogP contribution in [0.25, 0.3) is 27.2 Å². The summed E-state index contributed by atoms with van der Waals surface area (Å²) in [6, 6.07) is 17.7. The molecule has 4 aromatic rings. The van der Waals surface area contributed by atoms with Crippen molar-refractivity contribution in [2.24, 2.45) is 0 Å². The van der Waals surface area contributed by atoms with Gasteiger partial charge in [-0.1, -0.05) is 36.4 Å². The molecule has 5 rings (SSSR count).